The van der Waals surface area contributed by atoms with Crippen molar-refractivity contribution < 1.29 is 9.47 Å². The van der Waals surface area contributed by atoms with Crippen molar-refractivity contribution in [2.24, 2.45) is 0 Å². The number of rotatable bonds is 11. The first-order valence-electron chi connectivity index (χ1n) is 24.1. The average molecular weight is 873 g/mol. The molecule has 0 radical (unpaired) electrons. The second kappa shape index (κ2) is 50.4. The number of hydrogen-bond donors (Lipinski definition) is 2. The highest BCUT2D eigenvalue weighted by Crippen LogP contribution is 2.09. The number of nitrogens with one attached hydrogen (secondary N) is 2. The van der Waals surface area contributed by atoms with Gasteiger partial charge < -0.3 is 29.9 Å². The van der Waals surface area contributed by atoms with E-state index >= 15 is 0 Å². The molecule has 5 rings (SSSR count). The first-order chi connectivity index (χ1) is 30.4. The van der Waals surface area contributed by atoms with Crippen LogP contribution >= 0.6 is 0 Å². The van der Waals surface area contributed by atoms with Crippen LogP contribution < -0.4 is 10.6 Å². The van der Waals surface area contributed by atoms with Crippen LogP contribution in [0.3, 0.4) is 0 Å². The fourth-order valence-corrected chi connectivity index (χ4v) is 4.97. The highest BCUT2D eigenvalue weighted by atomic mass is 16.5. The van der Waals surface area contributed by atoms with E-state index in [1.807, 2.05) is 79.1 Å². The van der Waals surface area contributed by atoms with Gasteiger partial charge in [0.25, 0.3) is 0 Å². The Bertz CT molecular complexity index is 1420. The van der Waals surface area contributed by atoms with Crippen molar-refractivity contribution >= 4 is 0 Å². The van der Waals surface area contributed by atoms with Crippen molar-refractivity contribution in [2.45, 2.75) is 156 Å². The third kappa shape index (κ3) is 42.8. The molecule has 63 heavy (non-hydrogen) atoms. The molecule has 0 spiro atoms. The van der Waals surface area contributed by atoms with Gasteiger partial charge in [0.05, 0.1) is 26.6 Å². The largest absolute Gasteiger partial charge is 0.379 e. The number of ether oxygens (including phenoxy) is 2. The molecule has 0 atom stereocenters. The molecule has 0 aliphatic carbocycles. The first-order valence-corrected chi connectivity index (χ1v) is 24.1. The minimum absolute atomic E-state index is 0.727. The van der Waals surface area contributed by atoms with Gasteiger partial charge in [-0.1, -0.05) is 159 Å². The summed E-state index contributed by atoms with van der Waals surface area (Å²) in [5, 5.41) is 6.24. The summed E-state index contributed by atoms with van der Waals surface area (Å²) in [5.41, 5.74) is 11.3. The first kappa shape index (κ1) is 65.4. The maximum absolute atomic E-state index is 5.01. The van der Waals surface area contributed by atoms with Gasteiger partial charge in [-0.15, -0.1) is 0 Å². The normalized spacial score (nSPS) is 11.7. The van der Waals surface area contributed by atoms with Crippen molar-refractivity contribution in [1.82, 2.24) is 20.4 Å². The molecule has 0 saturated carbocycles. The number of aryl methyl sites for hydroxylation is 6. The molecule has 0 aromatic heterocycles. The van der Waals surface area contributed by atoms with Crippen molar-refractivity contribution in [1.29, 1.82) is 0 Å². The van der Waals surface area contributed by atoms with Crippen molar-refractivity contribution in [3.05, 3.63) is 154 Å². The average Bonchev–Trinajstić information content (AvgIpc) is 3.91. The molecule has 0 amide bonds. The van der Waals surface area contributed by atoms with Crippen LogP contribution in [0.25, 0.3) is 0 Å². The molecule has 2 heterocycles. The topological polar surface area (TPSA) is 49.0 Å². The van der Waals surface area contributed by atoms with Gasteiger partial charge in [0, 0.05) is 51.1 Å². The third-order valence-corrected chi connectivity index (χ3v) is 9.24. The summed E-state index contributed by atoms with van der Waals surface area (Å²) in [6, 6.07) is 26.2. The van der Waals surface area contributed by atoms with Crippen LogP contribution in [0.4, 0.5) is 0 Å². The zero-order valence-electron chi connectivity index (χ0n) is 44.3. The molecule has 360 valence electrons. The number of hydrogen-bond acceptors (Lipinski definition) is 6. The van der Waals surface area contributed by atoms with E-state index in [1.165, 1.54) is 51.2 Å². The minimum Gasteiger partial charge on any atom is -0.379 e. The lowest BCUT2D eigenvalue weighted by Gasteiger charge is -2.08. The number of nitrogens with zero attached hydrogens (tertiary/aromatic N) is 2. The van der Waals surface area contributed by atoms with E-state index in [1.54, 1.807) is 0 Å². The zero-order valence-corrected chi connectivity index (χ0v) is 44.3. The Morgan fingerprint density at radius 1 is 0.524 bits per heavy atom. The minimum atomic E-state index is 0.727. The molecule has 3 aromatic rings. The van der Waals surface area contributed by atoms with E-state index < -0.39 is 0 Å². The van der Waals surface area contributed by atoms with E-state index in [9.17, 15) is 0 Å². The second-order valence-electron chi connectivity index (χ2n) is 14.7. The van der Waals surface area contributed by atoms with E-state index in [4.69, 9.17) is 9.47 Å². The molecule has 2 aliphatic rings. The van der Waals surface area contributed by atoms with Crippen molar-refractivity contribution in [2.75, 3.05) is 53.9 Å². The fraction of sp³-hybridized carbons (Fsp3) is 0.544. The predicted molar refractivity (Wildman–Crippen MR) is 285 cm³/mol. The van der Waals surface area contributed by atoms with Crippen LogP contribution in [0, 0.1) is 0 Å². The van der Waals surface area contributed by atoms with Gasteiger partial charge in [-0.25, -0.2) is 0 Å². The van der Waals surface area contributed by atoms with E-state index in [0.29, 0.717) is 0 Å². The van der Waals surface area contributed by atoms with Crippen LogP contribution in [0.5, 0.6) is 0 Å². The Morgan fingerprint density at radius 2 is 0.921 bits per heavy atom. The van der Waals surface area contributed by atoms with Gasteiger partial charge in [0.15, 0.2) is 0 Å². The fourth-order valence-electron chi connectivity index (χ4n) is 4.97. The Hall–Kier alpha value is -4.26. The quantitative estimate of drug-likeness (QED) is 0.148. The molecule has 6 heteroatoms. The maximum Gasteiger partial charge on any atom is 0.0866 e. The van der Waals surface area contributed by atoms with Gasteiger partial charge in [-0.05, 0) is 127 Å². The molecule has 2 aliphatic heterocycles. The molecular weight excluding hydrogens is 773 g/mol. The summed E-state index contributed by atoms with van der Waals surface area (Å²) >= 11 is 0. The van der Waals surface area contributed by atoms with E-state index in [0.717, 1.165) is 78.3 Å². The van der Waals surface area contributed by atoms with E-state index in [-0.39, 0.29) is 0 Å². The predicted octanol–water partition coefficient (Wildman–Crippen LogP) is 14.8. The monoisotopic (exact) mass is 873 g/mol. The van der Waals surface area contributed by atoms with Crippen LogP contribution in [0.15, 0.2) is 121 Å². The van der Waals surface area contributed by atoms with Gasteiger partial charge in [0.1, 0.15) is 0 Å². The molecule has 0 bridgehead atoms. The van der Waals surface area contributed by atoms with Crippen molar-refractivity contribution in [3.63, 3.8) is 0 Å². The van der Waals surface area contributed by atoms with Gasteiger partial charge >= 0.3 is 0 Å². The Balaban J connectivity index is -0.000000318. The lowest BCUT2D eigenvalue weighted by atomic mass is 10.0. The SMILES string of the molecule is C/C=C/C.C/C=C\C.CC1=CN(C)CN1.CC1=CNCN1C.CCC.CCOCCOCC.CCc1ccc(CC)cc1.CCc1cccc(CC)c1.CCc1ccccc1CC. The van der Waals surface area contributed by atoms with E-state index in [2.05, 4.69) is 176 Å². The molecule has 2 N–H and O–H groups in total. The number of allylic oxidation sites excluding steroid dienone is 6. The highest BCUT2D eigenvalue weighted by Gasteiger charge is 2.01. The Morgan fingerprint density at radius 3 is 1.13 bits per heavy atom. The highest BCUT2D eigenvalue weighted by molar-refractivity contribution is 5.27. The van der Waals surface area contributed by atoms with Crippen LogP contribution in [0.2, 0.25) is 0 Å². The smallest absolute Gasteiger partial charge is 0.0866 e. The van der Waals surface area contributed by atoms with Gasteiger partial charge in [-0.3, -0.25) is 0 Å². The number of benzene rings is 3. The molecule has 0 fully saturated rings. The van der Waals surface area contributed by atoms with Crippen LogP contribution in [0.1, 0.15) is 151 Å². The second-order valence-corrected chi connectivity index (χ2v) is 14.7. The summed E-state index contributed by atoms with van der Waals surface area (Å²) < 4.78 is 10.0. The van der Waals surface area contributed by atoms with Gasteiger partial charge in [0.2, 0.25) is 0 Å². The lowest BCUT2D eigenvalue weighted by molar-refractivity contribution is 0.0584. The molecule has 0 saturated heterocycles. The van der Waals surface area contributed by atoms with Crippen LogP contribution in [-0.4, -0.2) is 63.7 Å². The summed E-state index contributed by atoms with van der Waals surface area (Å²) in [6.07, 6.45) is 20.2. The lowest BCUT2D eigenvalue weighted by Crippen LogP contribution is -2.17. The molecule has 6 nitrogen and oxygen atoms in total. The summed E-state index contributed by atoms with van der Waals surface area (Å²) in [6.45, 7) is 38.4. The van der Waals surface area contributed by atoms with Crippen LogP contribution in [-0.2, 0) is 48.0 Å². The summed E-state index contributed by atoms with van der Waals surface area (Å²) in [7, 11) is 4.11. The Kier molecular flexibility index (Phi) is 52.3. The maximum atomic E-state index is 5.01. The van der Waals surface area contributed by atoms with Crippen molar-refractivity contribution in [3.8, 4) is 0 Å². The molecule has 3 aromatic carbocycles. The van der Waals surface area contributed by atoms with Gasteiger partial charge in [-0.2, -0.15) is 0 Å². The standard InChI is InChI=1S/3C10H14.C6H14O2.2C5H10N2.2C4H8.C3H8/c1-3-9-5-7-10(4-2)8-6-9;1-3-9-6-5-7-10(4-2)8-9;1-3-9-7-5-6-8-10(9)4-2;1-3-7-5-6-8-4-2;1-5-3-7(2)4-6-5;1-5-3-6-4-7(5)2;2*1-3-4-2;1-3-2/h3*5-8H,3-4H2,1-2H3;3-6H2,1-2H3;2*3,6H,4H2,1-2H3;2*3-4H,1-2H3;3H2,1-2H3/b;;;;;;4-3+;4-3-;. The zero-order chi connectivity index (χ0) is 48.5. The summed E-state index contributed by atoms with van der Waals surface area (Å²) in [5.74, 6) is 0. The Labute approximate surface area is 392 Å². The third-order valence-electron chi connectivity index (χ3n) is 9.24. The summed E-state index contributed by atoms with van der Waals surface area (Å²) in [4.78, 5) is 4.26. The molecule has 0 unspecified atom stereocenters. The molecular formula is C57H100N4O2.